The summed E-state index contributed by atoms with van der Waals surface area (Å²) < 4.78 is 5.20. The van der Waals surface area contributed by atoms with E-state index in [1.165, 1.54) is 11.1 Å². The lowest BCUT2D eigenvalue weighted by Gasteiger charge is -2.30. The zero-order valence-corrected chi connectivity index (χ0v) is 16.8. The third-order valence-electron chi connectivity index (χ3n) is 4.06. The van der Waals surface area contributed by atoms with Crippen LogP contribution < -0.4 is 10.6 Å². The van der Waals surface area contributed by atoms with Gasteiger partial charge >= 0.3 is 0 Å². The van der Waals surface area contributed by atoms with Crippen molar-refractivity contribution in [3.8, 4) is 0 Å². The lowest BCUT2D eigenvalue weighted by atomic mass is 10.1. The van der Waals surface area contributed by atoms with E-state index in [0.717, 1.165) is 25.6 Å². The predicted octanol–water partition coefficient (Wildman–Crippen LogP) is 3.01. The van der Waals surface area contributed by atoms with Gasteiger partial charge in [0, 0.05) is 38.8 Å². The van der Waals surface area contributed by atoms with Crippen LogP contribution in [0.1, 0.15) is 45.7 Å². The summed E-state index contributed by atoms with van der Waals surface area (Å²) in [7, 11) is 1.72. The highest BCUT2D eigenvalue weighted by molar-refractivity contribution is 5.79. The summed E-state index contributed by atoms with van der Waals surface area (Å²) in [6.45, 7) is 15.1. The maximum atomic E-state index is 5.20. The number of ether oxygens (including phenoxy) is 1. The van der Waals surface area contributed by atoms with Crippen molar-refractivity contribution in [3.63, 3.8) is 0 Å². The maximum Gasteiger partial charge on any atom is 0.191 e. The molecule has 0 saturated heterocycles. The zero-order chi connectivity index (χ0) is 18.7. The molecule has 0 aliphatic rings. The first kappa shape index (κ1) is 21.5. The Kier molecular flexibility index (Phi) is 10.2. The molecule has 0 unspecified atom stereocenters. The van der Waals surface area contributed by atoms with Gasteiger partial charge in [0.15, 0.2) is 5.96 Å². The number of hydrogen-bond acceptors (Lipinski definition) is 3. The average Bonchev–Trinajstić information content (AvgIpc) is 2.56. The smallest absolute Gasteiger partial charge is 0.191 e. The Balaban J connectivity index is 2.60. The Morgan fingerprint density at radius 1 is 1.12 bits per heavy atom. The summed E-state index contributed by atoms with van der Waals surface area (Å²) >= 11 is 0. The van der Waals surface area contributed by atoms with Gasteiger partial charge in [-0.25, -0.2) is 4.99 Å². The lowest BCUT2D eigenvalue weighted by Crippen LogP contribution is -2.45. The number of benzene rings is 1. The van der Waals surface area contributed by atoms with Crippen LogP contribution in [0.25, 0.3) is 0 Å². The minimum Gasteiger partial charge on any atom is -0.380 e. The zero-order valence-electron chi connectivity index (χ0n) is 16.8. The molecule has 0 atom stereocenters. The Morgan fingerprint density at radius 3 is 2.40 bits per heavy atom. The van der Waals surface area contributed by atoms with Crippen LogP contribution in [0.4, 0.5) is 0 Å². The molecule has 0 saturated carbocycles. The molecule has 1 rings (SSSR count). The molecule has 0 bridgehead atoms. The first-order valence-electron chi connectivity index (χ1n) is 9.32. The number of hydrogen-bond donors (Lipinski definition) is 2. The second kappa shape index (κ2) is 11.9. The molecular formula is C20H36N4O. The van der Waals surface area contributed by atoms with E-state index in [9.17, 15) is 0 Å². The van der Waals surface area contributed by atoms with Crippen LogP contribution in [0, 0.1) is 0 Å². The van der Waals surface area contributed by atoms with Crippen molar-refractivity contribution in [2.75, 3.05) is 26.7 Å². The van der Waals surface area contributed by atoms with E-state index in [0.29, 0.717) is 25.2 Å². The van der Waals surface area contributed by atoms with Crippen molar-refractivity contribution >= 4 is 5.96 Å². The normalized spacial score (nSPS) is 12.3. The third kappa shape index (κ3) is 8.36. The topological polar surface area (TPSA) is 48.9 Å². The molecule has 0 radical (unpaired) electrons. The molecule has 0 heterocycles. The van der Waals surface area contributed by atoms with Gasteiger partial charge in [0.2, 0.25) is 0 Å². The van der Waals surface area contributed by atoms with Gasteiger partial charge in [0.25, 0.3) is 0 Å². The molecular weight excluding hydrogens is 312 g/mol. The lowest BCUT2D eigenvalue weighted by molar-refractivity contribution is 0.178. The van der Waals surface area contributed by atoms with Crippen LogP contribution in [0.5, 0.6) is 0 Å². The number of rotatable bonds is 10. The second-order valence-electron chi connectivity index (χ2n) is 6.80. The molecule has 2 N–H and O–H groups in total. The van der Waals surface area contributed by atoms with Crippen molar-refractivity contribution < 1.29 is 4.74 Å². The van der Waals surface area contributed by atoms with Gasteiger partial charge in [-0.1, -0.05) is 24.3 Å². The molecule has 142 valence electrons. The molecule has 5 heteroatoms. The van der Waals surface area contributed by atoms with E-state index in [4.69, 9.17) is 9.73 Å². The minimum absolute atomic E-state index is 0.546. The van der Waals surface area contributed by atoms with Crippen LogP contribution in [0.2, 0.25) is 0 Å². The number of aliphatic imine (C=N–C) groups is 1. The van der Waals surface area contributed by atoms with Crippen LogP contribution in [0.15, 0.2) is 29.3 Å². The Bertz CT molecular complexity index is 506. The van der Waals surface area contributed by atoms with E-state index in [-0.39, 0.29) is 0 Å². The summed E-state index contributed by atoms with van der Waals surface area (Å²) in [6.07, 6.45) is 0. The van der Waals surface area contributed by atoms with Crippen LogP contribution >= 0.6 is 0 Å². The highest BCUT2D eigenvalue weighted by Crippen LogP contribution is 2.07. The maximum absolute atomic E-state index is 5.20. The monoisotopic (exact) mass is 348 g/mol. The Morgan fingerprint density at radius 2 is 1.80 bits per heavy atom. The standard InChI is InChI=1S/C20H36N4O/c1-7-21-20(22-11-12-24(16(2)3)17(4)5)23-14-18-9-8-10-19(13-18)15-25-6/h8-10,13,16-17H,7,11-12,14-15H2,1-6H3,(H2,21,22,23). The molecule has 25 heavy (non-hydrogen) atoms. The molecule has 0 fully saturated rings. The molecule has 0 spiro atoms. The van der Waals surface area contributed by atoms with Gasteiger partial charge < -0.3 is 15.4 Å². The van der Waals surface area contributed by atoms with Gasteiger partial charge in [-0.05, 0) is 45.7 Å². The van der Waals surface area contributed by atoms with Gasteiger partial charge in [0.05, 0.1) is 13.2 Å². The summed E-state index contributed by atoms with van der Waals surface area (Å²) in [5, 5.41) is 6.76. The fourth-order valence-corrected chi connectivity index (χ4v) is 2.91. The van der Waals surface area contributed by atoms with Gasteiger partial charge in [-0.15, -0.1) is 0 Å². The largest absolute Gasteiger partial charge is 0.380 e. The van der Waals surface area contributed by atoms with Crippen molar-refractivity contribution in [1.29, 1.82) is 0 Å². The molecule has 1 aromatic carbocycles. The number of methoxy groups -OCH3 is 1. The summed E-state index contributed by atoms with van der Waals surface area (Å²) in [5.41, 5.74) is 2.37. The SMILES string of the molecule is CCNC(=NCc1cccc(COC)c1)NCCN(C(C)C)C(C)C. The molecule has 0 aliphatic heterocycles. The quantitative estimate of drug-likeness (QED) is 0.504. The minimum atomic E-state index is 0.546. The van der Waals surface area contributed by atoms with Crippen LogP contribution in [0.3, 0.4) is 0 Å². The number of nitrogens with zero attached hydrogens (tertiary/aromatic N) is 2. The van der Waals surface area contributed by atoms with E-state index >= 15 is 0 Å². The molecule has 0 aliphatic carbocycles. The van der Waals surface area contributed by atoms with Crippen LogP contribution in [-0.4, -0.2) is 49.7 Å². The number of nitrogens with one attached hydrogen (secondary N) is 2. The molecule has 0 amide bonds. The van der Waals surface area contributed by atoms with E-state index in [2.05, 4.69) is 74.4 Å². The molecule has 0 aromatic heterocycles. The van der Waals surface area contributed by atoms with E-state index in [1.807, 2.05) is 0 Å². The van der Waals surface area contributed by atoms with E-state index < -0.39 is 0 Å². The van der Waals surface area contributed by atoms with Crippen molar-refractivity contribution in [3.05, 3.63) is 35.4 Å². The Labute approximate surface area is 153 Å². The summed E-state index contributed by atoms with van der Waals surface area (Å²) in [4.78, 5) is 7.18. The van der Waals surface area contributed by atoms with Gasteiger partial charge in [-0.2, -0.15) is 0 Å². The summed E-state index contributed by atoms with van der Waals surface area (Å²) in [5.74, 6) is 0.868. The third-order valence-corrected chi connectivity index (χ3v) is 4.06. The first-order chi connectivity index (χ1) is 12.0. The predicted molar refractivity (Wildman–Crippen MR) is 107 cm³/mol. The summed E-state index contributed by atoms with van der Waals surface area (Å²) in [6, 6.07) is 9.48. The average molecular weight is 349 g/mol. The van der Waals surface area contributed by atoms with Gasteiger partial charge in [0.1, 0.15) is 0 Å². The Hall–Kier alpha value is -1.59. The first-order valence-corrected chi connectivity index (χ1v) is 9.32. The van der Waals surface area contributed by atoms with E-state index in [1.54, 1.807) is 7.11 Å². The van der Waals surface area contributed by atoms with Crippen molar-refractivity contribution in [1.82, 2.24) is 15.5 Å². The number of guanidine groups is 1. The molecule has 1 aromatic rings. The second-order valence-corrected chi connectivity index (χ2v) is 6.80. The fourth-order valence-electron chi connectivity index (χ4n) is 2.91. The van der Waals surface area contributed by atoms with Crippen molar-refractivity contribution in [2.24, 2.45) is 4.99 Å². The van der Waals surface area contributed by atoms with Gasteiger partial charge in [-0.3, -0.25) is 4.90 Å². The van der Waals surface area contributed by atoms with Crippen LogP contribution in [-0.2, 0) is 17.9 Å². The highest BCUT2D eigenvalue weighted by Gasteiger charge is 2.12. The fraction of sp³-hybridized carbons (Fsp3) is 0.650. The molecule has 5 nitrogen and oxygen atoms in total. The van der Waals surface area contributed by atoms with Crippen molar-refractivity contribution in [2.45, 2.75) is 59.9 Å². The highest BCUT2D eigenvalue weighted by atomic mass is 16.5.